The zero-order valence-electron chi connectivity index (χ0n) is 6.03. The van der Waals surface area contributed by atoms with Crippen LogP contribution in [0.15, 0.2) is 33.9 Å². The molecule has 2 aromatic rings. The molecule has 0 fully saturated rings. The van der Waals surface area contributed by atoms with Crippen LogP contribution in [0.4, 0.5) is 0 Å². The van der Waals surface area contributed by atoms with Gasteiger partial charge in [0, 0.05) is 10.8 Å². The molecule has 0 saturated carbocycles. The van der Waals surface area contributed by atoms with Crippen LogP contribution in [-0.2, 0) is 0 Å². The Morgan fingerprint density at radius 2 is 1.33 bits per heavy atom. The van der Waals surface area contributed by atoms with Crippen LogP contribution in [0.5, 0.6) is 0 Å². The monoisotopic (exact) mass is 176 g/mol. The first-order valence-corrected chi connectivity index (χ1v) is 3.85. The van der Waals surface area contributed by atoms with Crippen molar-refractivity contribution in [3.05, 3.63) is 49.2 Å². The Hall–Kier alpha value is -1.35. The van der Waals surface area contributed by atoms with Crippen LogP contribution in [0.25, 0.3) is 10.8 Å². The summed E-state index contributed by atoms with van der Waals surface area (Å²) in [6.07, 6.45) is 0. The average Bonchev–Trinajstić information content (AvgIpc) is 2.33. The molecule has 0 saturated heterocycles. The lowest BCUT2D eigenvalue weighted by molar-refractivity contribution is 1.67. The molecule has 0 aliphatic carbocycles. The zero-order valence-corrected chi connectivity index (χ0v) is 6.85. The second kappa shape index (κ2) is 2.32. The molecular weight excluding hydrogens is 172 g/mol. The molecule has 0 radical (unpaired) electrons. The van der Waals surface area contributed by atoms with Crippen molar-refractivity contribution in [1.82, 2.24) is 0 Å². The highest BCUT2D eigenvalue weighted by molar-refractivity contribution is 7.71. The lowest BCUT2D eigenvalue weighted by atomic mass is 10.2. The molecule has 0 aromatic heterocycles. The molecule has 0 unspecified atom stereocenters. The Labute approximate surface area is 72.8 Å². The highest BCUT2D eigenvalue weighted by Gasteiger charge is 2.06. The van der Waals surface area contributed by atoms with Gasteiger partial charge in [0.1, 0.15) is 4.51 Å². The number of fused-ring (bicyclic) bond motifs is 1. The van der Waals surface area contributed by atoms with Gasteiger partial charge < -0.3 is 0 Å². The summed E-state index contributed by atoms with van der Waals surface area (Å²) >= 11 is 4.67. The van der Waals surface area contributed by atoms with E-state index in [2.05, 4.69) is 12.2 Å². The van der Waals surface area contributed by atoms with E-state index in [4.69, 9.17) is 0 Å². The van der Waals surface area contributed by atoms with Crippen molar-refractivity contribution in [2.45, 2.75) is 0 Å². The predicted octanol–water partition coefficient (Wildman–Crippen LogP) is 1.17. The largest absolute Gasteiger partial charge is 0.287 e. The van der Waals surface area contributed by atoms with Crippen molar-refractivity contribution in [2.75, 3.05) is 0 Å². The molecule has 0 N–H and O–H groups in total. The molecule has 2 rings (SSSR count). The van der Waals surface area contributed by atoms with Crippen LogP contribution in [0, 0.1) is 4.51 Å². The van der Waals surface area contributed by atoms with Gasteiger partial charge >= 0.3 is 0 Å². The molecule has 12 heavy (non-hydrogen) atoms. The maximum atomic E-state index is 11.2. The predicted molar refractivity (Wildman–Crippen MR) is 49.7 cm³/mol. The SMILES string of the molecule is O=c1c(=S)c(=O)c2ccccc12. The Kier molecular flexibility index (Phi) is 1.41. The van der Waals surface area contributed by atoms with E-state index < -0.39 is 0 Å². The van der Waals surface area contributed by atoms with Crippen molar-refractivity contribution in [3.63, 3.8) is 0 Å². The van der Waals surface area contributed by atoms with Gasteiger partial charge in [0.2, 0.25) is 10.9 Å². The fraction of sp³-hybridized carbons (Fsp3) is 0. The van der Waals surface area contributed by atoms with E-state index in [1.807, 2.05) is 0 Å². The molecule has 0 aliphatic heterocycles. The molecule has 3 heteroatoms. The number of hydrogen-bond donors (Lipinski definition) is 0. The summed E-state index contributed by atoms with van der Waals surface area (Å²) in [5, 5.41) is 0.875. The third-order valence-electron chi connectivity index (χ3n) is 1.83. The van der Waals surface area contributed by atoms with E-state index in [-0.39, 0.29) is 15.4 Å². The number of benzene rings is 1. The van der Waals surface area contributed by atoms with Crippen LogP contribution in [0.2, 0.25) is 0 Å². The lowest BCUT2D eigenvalue weighted by Crippen LogP contribution is -1.99. The smallest absolute Gasteiger partial charge is 0.208 e. The van der Waals surface area contributed by atoms with E-state index in [9.17, 15) is 9.59 Å². The van der Waals surface area contributed by atoms with Crippen molar-refractivity contribution in [3.8, 4) is 0 Å². The minimum atomic E-state index is -0.314. The van der Waals surface area contributed by atoms with Gasteiger partial charge in [0.25, 0.3) is 0 Å². The molecule has 0 bridgehead atoms. The first-order chi connectivity index (χ1) is 5.72. The maximum Gasteiger partial charge on any atom is 0.208 e. The molecule has 0 atom stereocenters. The van der Waals surface area contributed by atoms with E-state index in [0.717, 1.165) is 0 Å². The summed E-state index contributed by atoms with van der Waals surface area (Å²) in [5.41, 5.74) is -0.629. The highest BCUT2D eigenvalue weighted by atomic mass is 32.1. The Morgan fingerprint density at radius 1 is 0.917 bits per heavy atom. The fourth-order valence-corrected chi connectivity index (χ4v) is 1.45. The minimum absolute atomic E-state index is 0.0869. The first-order valence-electron chi connectivity index (χ1n) is 3.44. The molecule has 0 spiro atoms. The maximum absolute atomic E-state index is 11.2. The van der Waals surface area contributed by atoms with Crippen molar-refractivity contribution >= 4 is 23.0 Å². The summed E-state index contributed by atoms with van der Waals surface area (Å²) < 4.78 is -0.0869. The third kappa shape index (κ3) is 0.769. The Bertz CT molecular complexity index is 527. The van der Waals surface area contributed by atoms with Crippen molar-refractivity contribution in [1.29, 1.82) is 0 Å². The van der Waals surface area contributed by atoms with Crippen LogP contribution in [0.3, 0.4) is 0 Å². The van der Waals surface area contributed by atoms with E-state index in [0.29, 0.717) is 10.8 Å². The van der Waals surface area contributed by atoms with Gasteiger partial charge in [-0.25, -0.2) is 0 Å². The van der Waals surface area contributed by atoms with Gasteiger partial charge in [0.05, 0.1) is 0 Å². The van der Waals surface area contributed by atoms with Gasteiger partial charge in [-0.1, -0.05) is 36.5 Å². The van der Waals surface area contributed by atoms with Crippen molar-refractivity contribution in [2.24, 2.45) is 0 Å². The summed E-state index contributed by atoms with van der Waals surface area (Å²) in [4.78, 5) is 22.5. The number of hydrogen-bond acceptors (Lipinski definition) is 3. The minimum Gasteiger partial charge on any atom is -0.287 e. The summed E-state index contributed by atoms with van der Waals surface area (Å²) in [5.74, 6) is 0. The Balaban J connectivity index is 3.33. The normalized spacial score (nSPS) is 10.7. The molecule has 0 heterocycles. The molecular formula is C9H4O2S. The number of rotatable bonds is 0. The van der Waals surface area contributed by atoms with Crippen LogP contribution in [-0.4, -0.2) is 0 Å². The van der Waals surface area contributed by atoms with Gasteiger partial charge in [-0.15, -0.1) is 0 Å². The van der Waals surface area contributed by atoms with E-state index in [1.54, 1.807) is 24.3 Å². The summed E-state index contributed by atoms with van der Waals surface area (Å²) in [6, 6.07) is 6.68. The van der Waals surface area contributed by atoms with Gasteiger partial charge in [-0.3, -0.25) is 9.59 Å². The molecule has 2 aromatic carbocycles. The van der Waals surface area contributed by atoms with E-state index >= 15 is 0 Å². The zero-order chi connectivity index (χ0) is 8.72. The lowest BCUT2D eigenvalue weighted by Gasteiger charge is -1.81. The average molecular weight is 176 g/mol. The quantitative estimate of drug-likeness (QED) is 0.565. The summed E-state index contributed by atoms with van der Waals surface area (Å²) in [7, 11) is 0. The van der Waals surface area contributed by atoms with Gasteiger partial charge in [0.15, 0.2) is 0 Å². The fourth-order valence-electron chi connectivity index (χ4n) is 1.23. The van der Waals surface area contributed by atoms with E-state index in [1.165, 1.54) is 0 Å². The second-order valence-corrected chi connectivity index (χ2v) is 2.94. The standard InChI is InChI=1S/C9H4O2S/c10-7-5-3-1-2-4-6(5)8(11)9(7)12/h1-4H. The van der Waals surface area contributed by atoms with Crippen molar-refractivity contribution < 1.29 is 0 Å². The summed E-state index contributed by atoms with van der Waals surface area (Å²) in [6.45, 7) is 0. The van der Waals surface area contributed by atoms with Crippen LogP contribution < -0.4 is 10.9 Å². The molecule has 58 valence electrons. The molecule has 0 aliphatic rings. The second-order valence-electron chi connectivity index (χ2n) is 2.53. The topological polar surface area (TPSA) is 34.1 Å². The third-order valence-corrected chi connectivity index (χ3v) is 2.20. The van der Waals surface area contributed by atoms with Crippen LogP contribution in [0.1, 0.15) is 0 Å². The Morgan fingerprint density at radius 3 is 1.75 bits per heavy atom. The first kappa shape index (κ1) is 7.31. The van der Waals surface area contributed by atoms with Gasteiger partial charge in [-0.2, -0.15) is 0 Å². The van der Waals surface area contributed by atoms with Gasteiger partial charge in [-0.05, 0) is 0 Å². The molecule has 2 nitrogen and oxygen atoms in total. The molecule has 0 amide bonds. The highest BCUT2D eigenvalue weighted by Crippen LogP contribution is 2.04. The van der Waals surface area contributed by atoms with Crippen LogP contribution >= 0.6 is 12.2 Å².